The van der Waals surface area contributed by atoms with Crippen LogP contribution in [-0.4, -0.2) is 12.4 Å². The Morgan fingerprint density at radius 3 is 2.58 bits per heavy atom. The van der Waals surface area contributed by atoms with Crippen LogP contribution in [0.15, 0.2) is 30.3 Å². The third-order valence-corrected chi connectivity index (χ3v) is 1.35. The molecule has 0 aliphatic carbocycles. The lowest BCUT2D eigenvalue weighted by atomic mass is 10.2. The zero-order chi connectivity index (χ0) is 8.81. The van der Waals surface area contributed by atoms with Crippen molar-refractivity contribution in [3.8, 4) is 0 Å². The lowest BCUT2D eigenvalue weighted by Gasteiger charge is -1.95. The van der Waals surface area contributed by atoms with E-state index < -0.39 is 5.97 Å². The first kappa shape index (κ1) is 8.46. The molecule has 0 atom stereocenters. The summed E-state index contributed by atoms with van der Waals surface area (Å²) < 4.78 is 4.00. The second-order valence-electron chi connectivity index (χ2n) is 2.22. The van der Waals surface area contributed by atoms with Gasteiger partial charge in [-0.3, -0.25) is 4.79 Å². The van der Waals surface area contributed by atoms with Gasteiger partial charge in [-0.25, -0.2) is 4.79 Å². The molecule has 0 saturated heterocycles. The van der Waals surface area contributed by atoms with Crippen LogP contribution >= 0.6 is 0 Å². The number of hydrogen-bond acceptors (Lipinski definition) is 3. The van der Waals surface area contributed by atoms with Gasteiger partial charge in [0.1, 0.15) is 0 Å². The monoisotopic (exact) mass is 163 g/mol. The predicted molar refractivity (Wildman–Crippen MR) is 41.9 cm³/mol. The summed E-state index contributed by atoms with van der Waals surface area (Å²) in [5.74, 6) is -0.587. The molecule has 61 valence electrons. The summed E-state index contributed by atoms with van der Waals surface area (Å²) in [4.78, 5) is 20.4. The Bertz CT molecular complexity index is 266. The second-order valence-corrected chi connectivity index (χ2v) is 2.22. The minimum Gasteiger partial charge on any atom is -0.384 e. The summed E-state index contributed by atoms with van der Waals surface area (Å²) in [6, 6.07) is 9.04. The number of carbonyl (C=O) groups excluding carboxylic acids is 2. The summed E-state index contributed by atoms with van der Waals surface area (Å²) in [5, 5.41) is 0. The minimum absolute atomic E-state index is 0.107. The first-order chi connectivity index (χ1) is 5.83. The van der Waals surface area contributed by atoms with Crippen LogP contribution < -0.4 is 0 Å². The van der Waals surface area contributed by atoms with Gasteiger partial charge in [0.25, 0.3) is 0 Å². The van der Waals surface area contributed by atoms with Gasteiger partial charge < -0.3 is 4.74 Å². The molecule has 0 aromatic heterocycles. The molecule has 12 heavy (non-hydrogen) atoms. The van der Waals surface area contributed by atoms with E-state index in [0.29, 0.717) is 0 Å². The SMILES string of the molecule is O=[C]OC(=O)Cc1ccccc1. The van der Waals surface area contributed by atoms with E-state index in [4.69, 9.17) is 0 Å². The third-order valence-electron chi connectivity index (χ3n) is 1.35. The highest BCUT2D eigenvalue weighted by atomic mass is 16.6. The molecule has 0 unspecified atom stereocenters. The van der Waals surface area contributed by atoms with Crippen molar-refractivity contribution in [1.82, 2.24) is 0 Å². The Balaban J connectivity index is 2.52. The van der Waals surface area contributed by atoms with E-state index in [1.54, 1.807) is 12.1 Å². The molecule has 0 saturated carbocycles. The summed E-state index contributed by atoms with van der Waals surface area (Å²) in [5.41, 5.74) is 0.817. The van der Waals surface area contributed by atoms with E-state index in [0.717, 1.165) is 12.0 Å². The van der Waals surface area contributed by atoms with Crippen molar-refractivity contribution in [2.75, 3.05) is 0 Å². The second kappa shape index (κ2) is 4.28. The normalized spacial score (nSPS) is 9.00. The summed E-state index contributed by atoms with van der Waals surface area (Å²) in [6.45, 7) is 1.09. The van der Waals surface area contributed by atoms with Crippen LogP contribution in [0.4, 0.5) is 0 Å². The Morgan fingerprint density at radius 1 is 1.33 bits per heavy atom. The molecule has 3 nitrogen and oxygen atoms in total. The van der Waals surface area contributed by atoms with E-state index in [-0.39, 0.29) is 6.42 Å². The molecule has 0 amide bonds. The van der Waals surface area contributed by atoms with E-state index >= 15 is 0 Å². The molecule has 0 aliphatic rings. The Hall–Kier alpha value is -1.64. The number of hydrogen-bond donors (Lipinski definition) is 0. The fraction of sp³-hybridized carbons (Fsp3) is 0.111. The van der Waals surface area contributed by atoms with Gasteiger partial charge in [0.2, 0.25) is 0 Å². The molecule has 0 aliphatic heterocycles. The maximum absolute atomic E-state index is 10.7. The number of rotatable bonds is 3. The standard InChI is InChI=1S/C9H7O3/c10-7-12-9(11)6-8-4-2-1-3-5-8/h1-5H,6H2. The molecule has 1 radical (unpaired) electrons. The van der Waals surface area contributed by atoms with E-state index in [9.17, 15) is 9.59 Å². The highest BCUT2D eigenvalue weighted by Gasteiger charge is 2.02. The maximum atomic E-state index is 10.7. The molecule has 0 fully saturated rings. The molecule has 1 rings (SSSR count). The van der Waals surface area contributed by atoms with Crippen LogP contribution in [0.2, 0.25) is 0 Å². The van der Waals surface area contributed by atoms with Gasteiger partial charge in [-0.1, -0.05) is 30.3 Å². The van der Waals surface area contributed by atoms with Crippen molar-refractivity contribution in [1.29, 1.82) is 0 Å². The van der Waals surface area contributed by atoms with E-state index in [1.165, 1.54) is 0 Å². The van der Waals surface area contributed by atoms with Gasteiger partial charge in [-0.2, -0.15) is 0 Å². The average Bonchev–Trinajstić information content (AvgIpc) is 2.06. The smallest absolute Gasteiger partial charge is 0.384 e. The third kappa shape index (κ3) is 2.54. The van der Waals surface area contributed by atoms with E-state index in [1.807, 2.05) is 18.2 Å². The molecular formula is C9H7O3. The van der Waals surface area contributed by atoms with Gasteiger partial charge in [0.15, 0.2) is 0 Å². The van der Waals surface area contributed by atoms with Crippen LogP contribution in [0.5, 0.6) is 0 Å². The van der Waals surface area contributed by atoms with Gasteiger partial charge in [0.05, 0.1) is 6.42 Å². The summed E-state index contributed by atoms with van der Waals surface area (Å²) >= 11 is 0. The minimum atomic E-state index is -0.587. The molecule has 3 heteroatoms. The van der Waals surface area contributed by atoms with Crippen LogP contribution in [-0.2, 0) is 20.7 Å². The summed E-state index contributed by atoms with van der Waals surface area (Å²) in [7, 11) is 0. The van der Waals surface area contributed by atoms with Crippen LogP contribution in [0.1, 0.15) is 5.56 Å². The molecule has 0 heterocycles. The van der Waals surface area contributed by atoms with Crippen LogP contribution in [0, 0.1) is 0 Å². The van der Waals surface area contributed by atoms with Crippen LogP contribution in [0.25, 0.3) is 0 Å². The lowest BCUT2D eigenvalue weighted by molar-refractivity contribution is -0.134. The maximum Gasteiger partial charge on any atom is 0.425 e. The quantitative estimate of drug-likeness (QED) is 0.490. The zero-order valence-corrected chi connectivity index (χ0v) is 6.32. The predicted octanol–water partition coefficient (Wildman–Crippen LogP) is 0.839. The van der Waals surface area contributed by atoms with E-state index in [2.05, 4.69) is 4.74 Å². The molecule has 1 aromatic carbocycles. The Morgan fingerprint density at radius 2 is 2.00 bits per heavy atom. The van der Waals surface area contributed by atoms with Crippen molar-refractivity contribution < 1.29 is 14.3 Å². The number of carbonyl (C=O) groups is 1. The number of benzene rings is 1. The van der Waals surface area contributed by atoms with Gasteiger partial charge in [0, 0.05) is 0 Å². The fourth-order valence-corrected chi connectivity index (χ4v) is 0.845. The fourth-order valence-electron chi connectivity index (χ4n) is 0.845. The van der Waals surface area contributed by atoms with Gasteiger partial charge >= 0.3 is 12.4 Å². The molecule has 1 aromatic rings. The highest BCUT2D eigenvalue weighted by Crippen LogP contribution is 1.99. The molecule has 0 spiro atoms. The molecule has 0 bridgehead atoms. The first-order valence-electron chi connectivity index (χ1n) is 3.43. The first-order valence-corrected chi connectivity index (χ1v) is 3.43. The Labute approximate surface area is 70.0 Å². The number of esters is 1. The van der Waals surface area contributed by atoms with Crippen molar-refractivity contribution >= 4 is 12.4 Å². The van der Waals surface area contributed by atoms with Crippen LogP contribution in [0.3, 0.4) is 0 Å². The lowest BCUT2D eigenvalue weighted by Crippen LogP contribution is -2.05. The highest BCUT2D eigenvalue weighted by molar-refractivity contribution is 5.78. The number of ether oxygens (including phenoxy) is 1. The Kier molecular flexibility index (Phi) is 3.02. The van der Waals surface area contributed by atoms with Crippen molar-refractivity contribution in [3.63, 3.8) is 0 Å². The molecular weight excluding hydrogens is 156 g/mol. The van der Waals surface area contributed by atoms with Crippen molar-refractivity contribution in [2.24, 2.45) is 0 Å². The summed E-state index contributed by atoms with van der Waals surface area (Å²) in [6.07, 6.45) is 0.107. The van der Waals surface area contributed by atoms with Gasteiger partial charge in [-0.05, 0) is 5.56 Å². The zero-order valence-electron chi connectivity index (χ0n) is 6.32. The largest absolute Gasteiger partial charge is 0.425 e. The van der Waals surface area contributed by atoms with Gasteiger partial charge in [-0.15, -0.1) is 0 Å². The topological polar surface area (TPSA) is 43.4 Å². The van der Waals surface area contributed by atoms with Crippen molar-refractivity contribution in [2.45, 2.75) is 6.42 Å². The molecule has 0 N–H and O–H groups in total. The average molecular weight is 163 g/mol. The van der Waals surface area contributed by atoms with Crippen molar-refractivity contribution in [3.05, 3.63) is 35.9 Å².